The second-order valence-electron chi connectivity index (χ2n) is 1.10. The van der Waals surface area contributed by atoms with Crippen LogP contribution in [-0.4, -0.2) is 11.2 Å². The quantitative estimate of drug-likeness (QED) is 0.373. The molecule has 0 atom stereocenters. The van der Waals surface area contributed by atoms with Gasteiger partial charge < -0.3 is 9.55 Å². The first-order valence-electron chi connectivity index (χ1n) is 1.89. The van der Waals surface area contributed by atoms with Crippen LogP contribution in [0.3, 0.4) is 0 Å². The molecule has 0 unspecified atom stereocenters. The van der Waals surface area contributed by atoms with Gasteiger partial charge in [0.1, 0.15) is 23.9 Å². The Kier molecular flexibility index (Phi) is 4.61. The molecule has 0 spiro atoms. The van der Waals surface area contributed by atoms with Gasteiger partial charge in [-0.05, 0) is 0 Å². The number of carbonyl (C=O) groups excluding carboxylic acids is 1. The molecule has 11 heavy (non-hydrogen) atoms. The van der Waals surface area contributed by atoms with Crippen molar-refractivity contribution in [2.45, 2.75) is 5.25 Å². The first-order chi connectivity index (χ1) is 5.04. The van der Waals surface area contributed by atoms with Gasteiger partial charge in [-0.1, -0.05) is 0 Å². The van der Waals surface area contributed by atoms with E-state index in [4.69, 9.17) is 5.26 Å². The van der Waals surface area contributed by atoms with E-state index < -0.39 is 23.3 Å². The maximum atomic E-state index is 12.1. The van der Waals surface area contributed by atoms with Gasteiger partial charge in [-0.2, -0.15) is 13.1 Å². The van der Waals surface area contributed by atoms with Crippen LogP contribution in [-0.2, 0) is 18.5 Å². The number of rotatable bonds is 4. The molecule has 0 radical (unpaired) electrons. The highest BCUT2D eigenvalue weighted by atomic mass is 35.5. The summed E-state index contributed by atoms with van der Waals surface area (Å²) < 4.78 is 30.4. The van der Waals surface area contributed by atoms with E-state index in [2.05, 4.69) is 25.5 Å². The minimum Gasteiger partial charge on any atom is -0.691 e. The van der Waals surface area contributed by atoms with E-state index in [-0.39, 0.29) is 0 Å². The molecule has 0 aliphatic carbocycles. The summed E-state index contributed by atoms with van der Waals surface area (Å²) in [6.45, 7) is 0. The van der Waals surface area contributed by atoms with Crippen LogP contribution in [0.5, 0.6) is 0 Å². The number of halogens is 3. The normalized spacial score (nSPS) is 11.3. The summed E-state index contributed by atoms with van der Waals surface area (Å²) in [5.41, 5.74) is 0. The Morgan fingerprint density at radius 1 is 1.64 bits per heavy atom. The Morgan fingerprint density at radius 3 is 2.55 bits per heavy atom. The molecule has 0 rings (SSSR count). The molecule has 5 nitrogen and oxygen atoms in total. The fourth-order valence-electron chi connectivity index (χ4n) is 0.136. The van der Waals surface area contributed by atoms with E-state index in [1.165, 1.54) is 0 Å². The molecule has 0 aromatic carbocycles. The van der Waals surface area contributed by atoms with Gasteiger partial charge in [0.05, 0.1) is 0 Å². The lowest BCUT2D eigenvalue weighted by Crippen LogP contribution is -2.25. The Labute approximate surface area is 68.4 Å². The van der Waals surface area contributed by atoms with E-state index in [0.717, 1.165) is 0 Å². The third kappa shape index (κ3) is 3.68. The highest BCUT2D eigenvalue weighted by molar-refractivity contribution is 7.96. The highest BCUT2D eigenvalue weighted by Gasteiger charge is 2.44. The lowest BCUT2D eigenvalue weighted by Gasteiger charge is -2.10. The van der Waals surface area contributed by atoms with E-state index >= 15 is 0 Å². The van der Waals surface area contributed by atoms with Crippen LogP contribution in [0.15, 0.2) is 0 Å². The maximum Gasteiger partial charge on any atom is 0.417 e. The largest absolute Gasteiger partial charge is 0.691 e. The minimum atomic E-state index is -4.06. The van der Waals surface area contributed by atoms with E-state index in [1.807, 2.05) is 0 Å². The van der Waals surface area contributed by atoms with Crippen molar-refractivity contribution >= 4 is 29.9 Å². The van der Waals surface area contributed by atoms with Gasteiger partial charge in [0, 0.05) is 0 Å². The first-order valence-corrected chi connectivity index (χ1v) is 2.94. The number of hydrogen-bond donors (Lipinski definition) is 0. The topological polar surface area (TPSA) is 67.8 Å². The predicted molar refractivity (Wildman–Crippen MR) is 26.7 cm³/mol. The molecular formula is C2ClF2O5S-. The van der Waals surface area contributed by atoms with Crippen LogP contribution in [0.25, 0.3) is 0 Å². The van der Waals surface area contributed by atoms with Crippen molar-refractivity contribution < 1.29 is 32.5 Å². The molecule has 0 bridgehead atoms. The van der Waals surface area contributed by atoms with Gasteiger partial charge in [0.25, 0.3) is 0 Å². The number of carbonyl (C=O) groups is 1. The summed E-state index contributed by atoms with van der Waals surface area (Å²) in [7, 11) is 0. The second-order valence-corrected chi connectivity index (χ2v) is 2.07. The summed E-state index contributed by atoms with van der Waals surface area (Å²) in [5.74, 6) is -2.05. The molecule has 0 amide bonds. The molecule has 0 saturated carbocycles. The highest BCUT2D eigenvalue weighted by Crippen LogP contribution is 2.31. The van der Waals surface area contributed by atoms with Gasteiger partial charge in [-0.25, -0.2) is 4.79 Å². The molecule has 0 aliphatic heterocycles. The average molecular weight is 210 g/mol. The Balaban J connectivity index is 3.88. The van der Waals surface area contributed by atoms with Crippen molar-refractivity contribution in [1.29, 1.82) is 0 Å². The van der Waals surface area contributed by atoms with E-state index in [1.54, 1.807) is 0 Å². The molecule has 0 aliphatic rings. The van der Waals surface area contributed by atoms with Crippen molar-refractivity contribution in [3.8, 4) is 0 Å². The van der Waals surface area contributed by atoms with Gasteiger partial charge >= 0.3 is 11.2 Å². The summed E-state index contributed by atoms with van der Waals surface area (Å²) in [5, 5.41) is 7.52. The smallest absolute Gasteiger partial charge is 0.417 e. The van der Waals surface area contributed by atoms with Crippen LogP contribution in [0.1, 0.15) is 0 Å². The van der Waals surface area contributed by atoms with Gasteiger partial charge in [0.15, 0.2) is 0 Å². The molecule has 0 N–H and O–H groups in total. The Morgan fingerprint density at radius 2 is 2.18 bits per heavy atom. The molecule has 0 aromatic heterocycles. The van der Waals surface area contributed by atoms with Gasteiger partial charge in [0.2, 0.25) is 0 Å². The Hall–Kier alpha value is -0.150. The fourth-order valence-corrected chi connectivity index (χ4v) is 0.501. The van der Waals surface area contributed by atoms with Crippen molar-refractivity contribution in [2.24, 2.45) is 0 Å². The molecule has 0 heterocycles. The summed E-state index contributed by atoms with van der Waals surface area (Å²) >= 11 is 3.48. The third-order valence-corrected chi connectivity index (χ3v) is 1.11. The maximum absolute atomic E-state index is 12.1. The van der Waals surface area contributed by atoms with Crippen molar-refractivity contribution in [3.05, 3.63) is 0 Å². The zero-order valence-electron chi connectivity index (χ0n) is 4.58. The summed E-state index contributed by atoms with van der Waals surface area (Å²) in [4.78, 5) is 9.98. The summed E-state index contributed by atoms with van der Waals surface area (Å²) in [6, 6.07) is 0. The van der Waals surface area contributed by atoms with E-state index in [0.29, 0.717) is 0 Å². The average Bonchev–Trinajstić information content (AvgIpc) is 1.99. The van der Waals surface area contributed by atoms with Crippen LogP contribution < -0.4 is 5.26 Å². The fraction of sp³-hybridized carbons (Fsp3) is 0.500. The molecule has 9 heteroatoms. The zero-order valence-corrected chi connectivity index (χ0v) is 6.16. The van der Waals surface area contributed by atoms with Crippen molar-refractivity contribution in [2.75, 3.05) is 0 Å². The lowest BCUT2D eigenvalue weighted by molar-refractivity contribution is -0.777. The summed E-state index contributed by atoms with van der Waals surface area (Å²) in [6.07, 6.45) is 0. The third-order valence-electron chi connectivity index (χ3n) is 0.474. The van der Waals surface area contributed by atoms with Crippen LogP contribution in [0, 0.1) is 0 Å². The molecule has 66 valence electrons. The molecule has 0 fully saturated rings. The first kappa shape index (κ1) is 10.8. The molecular weight excluding hydrogens is 210 g/mol. The lowest BCUT2D eigenvalue weighted by atomic mass is 10.7. The number of alkyl halides is 2. The van der Waals surface area contributed by atoms with Crippen LogP contribution in [0.4, 0.5) is 8.78 Å². The standard InChI is InChI=1S/C2HClF2O5S/c3-8-1(6)2(4,5)11-10-9-7/h7H/p-1. The van der Waals surface area contributed by atoms with Gasteiger partial charge in [-0.15, -0.1) is 0 Å². The SMILES string of the molecule is O=C(OCl)C(F)(F)SOO[O-]. The molecule has 0 saturated heterocycles. The monoisotopic (exact) mass is 209 g/mol. The zero-order chi connectivity index (χ0) is 8.91. The van der Waals surface area contributed by atoms with Crippen molar-refractivity contribution in [1.82, 2.24) is 0 Å². The van der Waals surface area contributed by atoms with Crippen molar-refractivity contribution in [3.63, 3.8) is 0 Å². The molecule has 0 aromatic rings. The minimum absolute atomic E-state index is 0.816. The van der Waals surface area contributed by atoms with E-state index in [9.17, 15) is 13.6 Å². The number of hydrogen-bond acceptors (Lipinski definition) is 6. The second kappa shape index (κ2) is 4.67. The van der Waals surface area contributed by atoms with Crippen LogP contribution >= 0.6 is 23.9 Å². The Bertz CT molecular complexity index is 142. The predicted octanol–water partition coefficient (Wildman–Crippen LogP) is 0.148. The van der Waals surface area contributed by atoms with Gasteiger partial charge in [-0.3, -0.25) is 5.04 Å². The van der Waals surface area contributed by atoms with Crippen LogP contribution in [0.2, 0.25) is 0 Å².